The monoisotopic (exact) mass is 280 g/mol. The number of benzene rings is 1. The van der Waals surface area contributed by atoms with E-state index in [0.717, 1.165) is 10.0 Å². The van der Waals surface area contributed by atoms with E-state index in [-0.39, 0.29) is 0 Å². The highest BCUT2D eigenvalue weighted by Gasteiger charge is 2.16. The van der Waals surface area contributed by atoms with E-state index in [1.807, 2.05) is 12.3 Å². The lowest BCUT2D eigenvalue weighted by atomic mass is 10.2. The molecule has 1 aromatic heterocycles. The molecule has 6 heteroatoms. The van der Waals surface area contributed by atoms with Gasteiger partial charge >= 0.3 is 5.97 Å². The van der Waals surface area contributed by atoms with Crippen molar-refractivity contribution in [3.05, 3.63) is 34.8 Å². The Balaban J connectivity index is 2.39. The number of esters is 1. The summed E-state index contributed by atoms with van der Waals surface area (Å²) in [6.07, 6.45) is 0. The van der Waals surface area contributed by atoms with Gasteiger partial charge in [0.25, 0.3) is 0 Å². The van der Waals surface area contributed by atoms with Gasteiger partial charge in [-0.3, -0.25) is 0 Å². The van der Waals surface area contributed by atoms with Gasteiger partial charge in [0.2, 0.25) is 0 Å². The van der Waals surface area contributed by atoms with Crippen LogP contribution in [-0.2, 0) is 4.74 Å². The molecule has 0 bridgehead atoms. The number of thiazole rings is 1. The third-order valence-electron chi connectivity index (χ3n) is 2.24. The van der Waals surface area contributed by atoms with Crippen molar-refractivity contribution in [2.75, 3.05) is 12.8 Å². The topological polar surface area (TPSA) is 65.2 Å². The molecule has 0 radical (unpaired) electrons. The third-order valence-corrected chi connectivity index (χ3v) is 4.45. The molecule has 0 unspecified atom stereocenters. The minimum Gasteiger partial charge on any atom is -0.465 e. The average Bonchev–Trinajstić information content (AvgIpc) is 2.76. The second kappa shape index (κ2) is 5.41. The van der Waals surface area contributed by atoms with E-state index in [9.17, 15) is 4.79 Å². The normalized spacial score (nSPS) is 10.3. The van der Waals surface area contributed by atoms with Crippen LogP contribution >= 0.6 is 23.1 Å². The summed E-state index contributed by atoms with van der Waals surface area (Å²) >= 11 is 2.91. The van der Waals surface area contributed by atoms with E-state index in [1.165, 1.54) is 30.2 Å². The predicted octanol–water partition coefficient (Wildman–Crippen LogP) is 2.97. The van der Waals surface area contributed by atoms with E-state index in [2.05, 4.69) is 4.98 Å². The first kappa shape index (κ1) is 12.9. The van der Waals surface area contributed by atoms with Crippen LogP contribution in [0.25, 0.3) is 0 Å². The molecule has 0 amide bonds. The van der Waals surface area contributed by atoms with Crippen molar-refractivity contribution in [3.8, 4) is 0 Å². The van der Waals surface area contributed by atoms with E-state index in [0.29, 0.717) is 16.1 Å². The molecule has 2 aromatic rings. The Labute approximate surface area is 113 Å². The first-order valence-electron chi connectivity index (χ1n) is 5.18. The van der Waals surface area contributed by atoms with Crippen molar-refractivity contribution < 1.29 is 9.53 Å². The molecule has 0 fully saturated rings. The van der Waals surface area contributed by atoms with Crippen LogP contribution < -0.4 is 5.73 Å². The van der Waals surface area contributed by atoms with E-state index in [1.54, 1.807) is 18.2 Å². The summed E-state index contributed by atoms with van der Waals surface area (Å²) in [5.41, 5.74) is 7.89. The van der Waals surface area contributed by atoms with Gasteiger partial charge in [-0.15, -0.1) is 11.3 Å². The zero-order valence-corrected chi connectivity index (χ0v) is 11.6. The van der Waals surface area contributed by atoms with Crippen molar-refractivity contribution in [1.29, 1.82) is 0 Å². The second-order valence-corrected chi connectivity index (χ2v) is 5.69. The summed E-state index contributed by atoms with van der Waals surface area (Å²) in [4.78, 5) is 16.7. The molecular weight excluding hydrogens is 268 g/mol. The maximum Gasteiger partial charge on any atom is 0.339 e. The van der Waals surface area contributed by atoms with E-state index >= 15 is 0 Å². The van der Waals surface area contributed by atoms with Crippen LogP contribution in [0.1, 0.15) is 16.1 Å². The largest absolute Gasteiger partial charge is 0.465 e. The molecule has 2 rings (SSSR count). The van der Waals surface area contributed by atoms with Gasteiger partial charge in [0.1, 0.15) is 0 Å². The highest BCUT2D eigenvalue weighted by Crippen LogP contribution is 2.36. The number of aryl methyl sites for hydroxylation is 1. The van der Waals surface area contributed by atoms with Gasteiger partial charge < -0.3 is 10.5 Å². The molecule has 18 heavy (non-hydrogen) atoms. The number of ether oxygens (including phenoxy) is 1. The number of nitrogens with two attached hydrogens (primary N) is 1. The van der Waals surface area contributed by atoms with Gasteiger partial charge in [-0.25, -0.2) is 9.78 Å². The van der Waals surface area contributed by atoms with Gasteiger partial charge in [-0.1, -0.05) is 17.8 Å². The Morgan fingerprint density at radius 2 is 2.28 bits per heavy atom. The number of nitrogens with zero attached hydrogens (tertiary/aromatic N) is 1. The number of hydrogen-bond donors (Lipinski definition) is 1. The van der Waals surface area contributed by atoms with Gasteiger partial charge in [-0.2, -0.15) is 0 Å². The van der Waals surface area contributed by atoms with Gasteiger partial charge in [0.05, 0.1) is 17.6 Å². The summed E-state index contributed by atoms with van der Waals surface area (Å²) in [5, 5.41) is 1.96. The fourth-order valence-corrected chi connectivity index (χ4v) is 3.33. The number of carbonyl (C=O) groups excluding carboxylic acids is 1. The highest BCUT2D eigenvalue weighted by atomic mass is 32.2. The number of anilines is 1. The van der Waals surface area contributed by atoms with Crippen molar-refractivity contribution in [3.63, 3.8) is 0 Å². The molecule has 94 valence electrons. The number of carbonyl (C=O) groups is 1. The lowest BCUT2D eigenvalue weighted by Gasteiger charge is -2.08. The van der Waals surface area contributed by atoms with Gasteiger partial charge in [0, 0.05) is 16.8 Å². The molecule has 0 aliphatic carbocycles. The Kier molecular flexibility index (Phi) is 3.88. The van der Waals surface area contributed by atoms with Crippen molar-refractivity contribution in [2.45, 2.75) is 16.2 Å². The first-order chi connectivity index (χ1) is 8.61. The SMILES string of the molecule is COC(=O)c1cccc(N)c1Sc1nc(C)cs1. The van der Waals surface area contributed by atoms with Crippen LogP contribution in [0.3, 0.4) is 0 Å². The van der Waals surface area contributed by atoms with Crippen LogP contribution in [0.5, 0.6) is 0 Å². The number of nitrogen functional groups attached to an aromatic ring is 1. The Morgan fingerprint density at radius 3 is 2.89 bits per heavy atom. The summed E-state index contributed by atoms with van der Waals surface area (Å²) in [7, 11) is 1.35. The quantitative estimate of drug-likeness (QED) is 0.691. The first-order valence-corrected chi connectivity index (χ1v) is 6.88. The molecule has 0 spiro atoms. The minimum absolute atomic E-state index is 0.391. The smallest absolute Gasteiger partial charge is 0.339 e. The molecular formula is C12H12N2O2S2. The summed E-state index contributed by atoms with van der Waals surface area (Å²) in [6, 6.07) is 5.19. The number of hydrogen-bond acceptors (Lipinski definition) is 6. The number of aromatic nitrogens is 1. The molecule has 1 heterocycles. The lowest BCUT2D eigenvalue weighted by Crippen LogP contribution is -2.04. The molecule has 0 saturated heterocycles. The van der Waals surface area contributed by atoms with Gasteiger partial charge in [0.15, 0.2) is 4.34 Å². The van der Waals surface area contributed by atoms with E-state index in [4.69, 9.17) is 10.5 Å². The molecule has 4 nitrogen and oxygen atoms in total. The van der Waals surface area contributed by atoms with Crippen LogP contribution in [0.2, 0.25) is 0 Å². The zero-order chi connectivity index (χ0) is 13.1. The van der Waals surface area contributed by atoms with Crippen LogP contribution in [0.15, 0.2) is 32.8 Å². The fourth-order valence-electron chi connectivity index (χ4n) is 1.41. The lowest BCUT2D eigenvalue weighted by molar-refractivity contribution is 0.0597. The Bertz CT molecular complexity index is 581. The maximum absolute atomic E-state index is 11.7. The minimum atomic E-state index is -0.391. The summed E-state index contributed by atoms with van der Waals surface area (Å²) < 4.78 is 5.61. The molecule has 0 atom stereocenters. The molecule has 0 aliphatic heterocycles. The zero-order valence-electron chi connectivity index (χ0n) is 9.97. The average molecular weight is 280 g/mol. The predicted molar refractivity (Wildman–Crippen MR) is 73.2 cm³/mol. The molecule has 1 aromatic carbocycles. The summed E-state index contributed by atoms with van der Waals surface area (Å²) in [5.74, 6) is -0.391. The van der Waals surface area contributed by atoms with Crippen molar-refractivity contribution in [2.24, 2.45) is 0 Å². The maximum atomic E-state index is 11.7. The molecule has 0 aliphatic rings. The van der Waals surface area contributed by atoms with Crippen molar-refractivity contribution >= 4 is 34.8 Å². The fraction of sp³-hybridized carbons (Fsp3) is 0.167. The molecule has 0 saturated carbocycles. The Morgan fingerprint density at radius 1 is 1.50 bits per heavy atom. The Hall–Kier alpha value is -1.53. The molecule has 2 N–H and O–H groups in total. The van der Waals surface area contributed by atoms with Gasteiger partial charge in [-0.05, 0) is 19.1 Å². The second-order valence-electron chi connectivity index (χ2n) is 3.57. The van der Waals surface area contributed by atoms with Crippen LogP contribution in [0, 0.1) is 6.92 Å². The number of rotatable bonds is 3. The summed E-state index contributed by atoms with van der Waals surface area (Å²) in [6.45, 7) is 1.93. The standard InChI is InChI=1S/C12H12N2O2S2/c1-7-6-17-12(14-7)18-10-8(11(15)16-2)4-3-5-9(10)13/h3-6H,13H2,1-2H3. The van der Waals surface area contributed by atoms with Crippen LogP contribution in [-0.4, -0.2) is 18.1 Å². The number of methoxy groups -OCH3 is 1. The van der Waals surface area contributed by atoms with Crippen molar-refractivity contribution in [1.82, 2.24) is 4.98 Å². The highest BCUT2D eigenvalue weighted by molar-refractivity contribution is 8.01. The third kappa shape index (κ3) is 2.65. The van der Waals surface area contributed by atoms with Crippen LogP contribution in [0.4, 0.5) is 5.69 Å². The van der Waals surface area contributed by atoms with E-state index < -0.39 is 5.97 Å².